The van der Waals surface area contributed by atoms with Gasteiger partial charge in [0, 0.05) is 58.1 Å². The molecule has 0 aliphatic rings. The van der Waals surface area contributed by atoms with Crippen LogP contribution in [0.25, 0.3) is 108 Å². The third kappa shape index (κ3) is 3.27. The van der Waals surface area contributed by atoms with Crippen molar-refractivity contribution in [2.24, 2.45) is 0 Å². The molecule has 0 radical (unpaired) electrons. The van der Waals surface area contributed by atoms with Gasteiger partial charge in [-0.3, -0.25) is 4.57 Å². The van der Waals surface area contributed by atoms with E-state index in [1.165, 1.54) is 69.0 Å². The predicted octanol–water partition coefficient (Wildman–Crippen LogP) is 11.9. The van der Waals surface area contributed by atoms with Crippen molar-refractivity contribution in [1.82, 2.24) is 18.9 Å². The van der Waals surface area contributed by atoms with Gasteiger partial charge in [-0.15, -0.1) is 11.3 Å². The average Bonchev–Trinajstić information content (AvgIpc) is 3.79. The Morgan fingerprint density at radius 1 is 0.429 bits per heavy atom. The Balaban J connectivity index is 1.23. The van der Waals surface area contributed by atoms with Crippen LogP contribution in [0.4, 0.5) is 0 Å². The zero-order valence-electron chi connectivity index (χ0n) is 26.1. The fraction of sp³-hybridized carbons (Fsp3) is 0. The van der Waals surface area contributed by atoms with Crippen LogP contribution in [0.1, 0.15) is 0 Å². The molecule has 0 spiro atoms. The van der Waals surface area contributed by atoms with E-state index in [1.54, 1.807) is 0 Å². The predicted molar refractivity (Wildman–Crippen MR) is 207 cm³/mol. The molecule has 4 nitrogen and oxygen atoms in total. The summed E-state index contributed by atoms with van der Waals surface area (Å²) >= 11 is 1.84. The van der Waals surface area contributed by atoms with E-state index in [0.717, 1.165) is 33.2 Å². The highest BCUT2D eigenvalue weighted by molar-refractivity contribution is 7.25. The van der Waals surface area contributed by atoms with Crippen LogP contribution >= 0.6 is 11.3 Å². The second-order valence-electron chi connectivity index (χ2n) is 13.0. The van der Waals surface area contributed by atoms with E-state index < -0.39 is 0 Å². The number of thiophene rings is 1. The van der Waals surface area contributed by atoms with Crippen molar-refractivity contribution >= 4 is 102 Å². The molecule has 7 aromatic carbocycles. The van der Waals surface area contributed by atoms with Gasteiger partial charge in [0.2, 0.25) is 5.95 Å². The molecule has 0 bridgehead atoms. The molecule has 5 heterocycles. The molecule has 12 rings (SSSR count). The maximum absolute atomic E-state index is 5.45. The molecule has 0 aliphatic carbocycles. The van der Waals surface area contributed by atoms with E-state index in [2.05, 4.69) is 155 Å². The summed E-state index contributed by atoms with van der Waals surface area (Å²) in [4.78, 5) is 10.7. The molecule has 5 heteroatoms. The Kier molecular flexibility index (Phi) is 4.83. The molecule has 0 amide bonds. The second-order valence-corrected chi connectivity index (χ2v) is 14.0. The standard InChI is InChI=1S/C44H24N4S/c1-4-16-33-32(12-1)42(25-22-23-28-27-11-3-6-21-38(27)49-39(28)24-25)46-44(45-33)48-35-18-8-13-29-31-15-7-14-30-26-10-2-5-17-34(26)47(43(30)31)36-19-9-20-37(48)41(36)40(29)35/h1-24H. The first-order valence-electron chi connectivity index (χ1n) is 16.6. The SMILES string of the molecule is c1ccc2c(-c3ccc4c(c3)sc3ccccc34)nc(-n3c4cccc5c6cccc7c8ccccc8n(c8cccc3c8c54)c67)nc2c1. The Bertz CT molecular complexity index is 3340. The van der Waals surface area contributed by atoms with Crippen LogP contribution in [0, 0.1) is 0 Å². The quantitative estimate of drug-likeness (QED) is 0.188. The first-order valence-corrected chi connectivity index (χ1v) is 17.4. The van der Waals surface area contributed by atoms with Gasteiger partial charge in [-0.2, -0.15) is 0 Å². The number of para-hydroxylation sites is 3. The second kappa shape index (κ2) is 9.19. The van der Waals surface area contributed by atoms with E-state index in [1.807, 2.05) is 11.3 Å². The molecule has 5 aromatic heterocycles. The van der Waals surface area contributed by atoms with Gasteiger partial charge in [0.25, 0.3) is 0 Å². The number of nitrogens with zero attached hydrogens (tertiary/aromatic N) is 4. The van der Waals surface area contributed by atoms with Gasteiger partial charge in [-0.1, -0.05) is 103 Å². The summed E-state index contributed by atoms with van der Waals surface area (Å²) in [7, 11) is 0. The maximum atomic E-state index is 5.45. The summed E-state index contributed by atoms with van der Waals surface area (Å²) < 4.78 is 7.32. The number of fused-ring (bicyclic) bond motifs is 9. The smallest absolute Gasteiger partial charge is 0.235 e. The van der Waals surface area contributed by atoms with E-state index in [0.29, 0.717) is 5.95 Å². The van der Waals surface area contributed by atoms with E-state index in [9.17, 15) is 0 Å². The molecule has 0 atom stereocenters. The minimum absolute atomic E-state index is 0.677. The van der Waals surface area contributed by atoms with Crippen molar-refractivity contribution < 1.29 is 0 Å². The zero-order valence-corrected chi connectivity index (χ0v) is 26.9. The first kappa shape index (κ1) is 25.7. The van der Waals surface area contributed by atoms with Gasteiger partial charge in [0.05, 0.1) is 38.8 Å². The minimum atomic E-state index is 0.677. The van der Waals surface area contributed by atoms with Crippen LogP contribution in [0.5, 0.6) is 0 Å². The van der Waals surface area contributed by atoms with Crippen LogP contribution in [0.15, 0.2) is 146 Å². The molecule has 226 valence electrons. The average molecular weight is 641 g/mol. The highest BCUT2D eigenvalue weighted by atomic mass is 32.1. The van der Waals surface area contributed by atoms with Gasteiger partial charge in [0.15, 0.2) is 0 Å². The molecule has 0 unspecified atom stereocenters. The summed E-state index contributed by atoms with van der Waals surface area (Å²) in [5, 5.41) is 11.1. The molecule has 0 aliphatic heterocycles. The van der Waals surface area contributed by atoms with Crippen molar-refractivity contribution in [1.29, 1.82) is 0 Å². The molecule has 49 heavy (non-hydrogen) atoms. The summed E-state index contributed by atoms with van der Waals surface area (Å²) in [6.45, 7) is 0. The van der Waals surface area contributed by atoms with Crippen LogP contribution in [-0.4, -0.2) is 18.9 Å². The minimum Gasteiger partial charge on any atom is -0.308 e. The Morgan fingerprint density at radius 3 is 1.98 bits per heavy atom. The number of hydrogen-bond acceptors (Lipinski definition) is 3. The lowest BCUT2D eigenvalue weighted by Gasteiger charge is -2.12. The normalized spacial score (nSPS) is 12.5. The van der Waals surface area contributed by atoms with Crippen molar-refractivity contribution in [3.63, 3.8) is 0 Å². The molecular weight excluding hydrogens is 617 g/mol. The number of aromatic nitrogens is 4. The van der Waals surface area contributed by atoms with E-state index in [-0.39, 0.29) is 0 Å². The van der Waals surface area contributed by atoms with Crippen LogP contribution < -0.4 is 0 Å². The van der Waals surface area contributed by atoms with Crippen molar-refractivity contribution in [2.75, 3.05) is 0 Å². The number of hydrogen-bond donors (Lipinski definition) is 0. The Hall–Kier alpha value is -6.30. The van der Waals surface area contributed by atoms with Crippen LogP contribution in [-0.2, 0) is 0 Å². The lowest BCUT2D eigenvalue weighted by Crippen LogP contribution is -2.03. The Labute approximate surface area is 283 Å². The highest BCUT2D eigenvalue weighted by Crippen LogP contribution is 2.44. The monoisotopic (exact) mass is 640 g/mol. The van der Waals surface area contributed by atoms with Crippen LogP contribution in [0.2, 0.25) is 0 Å². The van der Waals surface area contributed by atoms with Crippen LogP contribution in [0.3, 0.4) is 0 Å². The van der Waals surface area contributed by atoms with Crippen molar-refractivity contribution in [3.8, 4) is 17.2 Å². The lowest BCUT2D eigenvalue weighted by molar-refractivity contribution is 1.01. The third-order valence-electron chi connectivity index (χ3n) is 10.5. The molecule has 0 saturated carbocycles. The van der Waals surface area contributed by atoms with Crippen molar-refractivity contribution in [2.45, 2.75) is 0 Å². The molecular formula is C44H24N4S. The first-order chi connectivity index (χ1) is 24.3. The number of benzene rings is 7. The summed E-state index contributed by atoms with van der Waals surface area (Å²) in [5.74, 6) is 0.677. The Morgan fingerprint density at radius 2 is 1.06 bits per heavy atom. The summed E-state index contributed by atoms with van der Waals surface area (Å²) in [5.41, 5.74) is 8.82. The molecule has 0 saturated heterocycles. The summed E-state index contributed by atoms with van der Waals surface area (Å²) in [6.07, 6.45) is 0. The maximum Gasteiger partial charge on any atom is 0.235 e. The van der Waals surface area contributed by atoms with E-state index in [4.69, 9.17) is 9.97 Å². The largest absolute Gasteiger partial charge is 0.308 e. The molecule has 12 aromatic rings. The van der Waals surface area contributed by atoms with Gasteiger partial charge < -0.3 is 4.40 Å². The lowest BCUT2D eigenvalue weighted by atomic mass is 10.0. The van der Waals surface area contributed by atoms with Crippen molar-refractivity contribution in [3.05, 3.63) is 146 Å². The molecule has 0 N–H and O–H groups in total. The van der Waals surface area contributed by atoms with Gasteiger partial charge in [-0.25, -0.2) is 9.97 Å². The summed E-state index contributed by atoms with van der Waals surface area (Å²) in [6, 6.07) is 52.7. The fourth-order valence-corrected chi connectivity index (χ4v) is 9.61. The molecule has 0 fully saturated rings. The van der Waals surface area contributed by atoms with Gasteiger partial charge in [-0.05, 0) is 47.9 Å². The highest BCUT2D eigenvalue weighted by Gasteiger charge is 2.23. The van der Waals surface area contributed by atoms with Gasteiger partial charge in [0.1, 0.15) is 0 Å². The topological polar surface area (TPSA) is 35.1 Å². The van der Waals surface area contributed by atoms with Gasteiger partial charge >= 0.3 is 0 Å². The van der Waals surface area contributed by atoms with E-state index >= 15 is 0 Å². The third-order valence-corrected chi connectivity index (χ3v) is 11.6. The number of rotatable bonds is 2. The fourth-order valence-electron chi connectivity index (χ4n) is 8.46. The zero-order chi connectivity index (χ0) is 31.8.